The highest BCUT2D eigenvalue weighted by atomic mass is 32.2. The van der Waals surface area contributed by atoms with Crippen molar-refractivity contribution >= 4 is 35.3 Å². The molecule has 202 valence electrons. The number of aromatic nitrogens is 8. The number of hydrogen-bond donors (Lipinski definition) is 3. The van der Waals surface area contributed by atoms with Crippen molar-refractivity contribution < 1.29 is 14.0 Å². The van der Waals surface area contributed by atoms with Gasteiger partial charge in [0.2, 0.25) is 0 Å². The van der Waals surface area contributed by atoms with Crippen LogP contribution in [0, 0.1) is 0 Å². The number of fused-ring (bicyclic) bond motifs is 6. The number of halogens is 1. The number of carbonyl (C=O) groups excluding carboxylic acids is 2. The van der Waals surface area contributed by atoms with E-state index in [0.29, 0.717) is 28.1 Å². The summed E-state index contributed by atoms with van der Waals surface area (Å²) in [7, 11) is 0. The molecule has 15 heteroatoms. The van der Waals surface area contributed by atoms with Gasteiger partial charge in [-0.2, -0.15) is 10.2 Å². The minimum atomic E-state index is -0.591. The number of aryl methyl sites for hydroxylation is 3. The molecule has 12 nitrogen and oxygen atoms in total. The topological polar surface area (TPSA) is 184 Å². The standard InChI is InChI=1S/C13H14FN5OS.C11H11N5OS/c1-21-13-16-6-7-2-3-8-10(12(15)20)18-19(5-4-14)11(8)9(7)17-13;1-18-11-13-4-5-2-3-6-8(7(5)14-11)15-16-9(6)10(12)17/h6H,2-5H2,1H3,(H2,15,20);4H,2-3H2,1H3,(H2,12,17)(H,15,16). The summed E-state index contributed by atoms with van der Waals surface area (Å²) in [5, 5.41) is 12.4. The smallest absolute Gasteiger partial charge is 0.269 e. The van der Waals surface area contributed by atoms with E-state index >= 15 is 0 Å². The van der Waals surface area contributed by atoms with Crippen LogP contribution in [-0.2, 0) is 32.2 Å². The molecule has 0 atom stereocenters. The molecule has 0 aliphatic heterocycles. The molecule has 4 aromatic heterocycles. The molecule has 0 bridgehead atoms. The number of hydrogen-bond acceptors (Lipinski definition) is 10. The van der Waals surface area contributed by atoms with Gasteiger partial charge in [0, 0.05) is 23.5 Å². The Kier molecular flexibility index (Phi) is 7.61. The van der Waals surface area contributed by atoms with Crippen molar-refractivity contribution in [2.45, 2.75) is 42.5 Å². The summed E-state index contributed by atoms with van der Waals surface area (Å²) in [6.07, 6.45) is 10.3. The third-order valence-corrected chi connectivity index (χ3v) is 7.60. The van der Waals surface area contributed by atoms with E-state index in [1.54, 1.807) is 6.20 Å². The summed E-state index contributed by atoms with van der Waals surface area (Å²) in [4.78, 5) is 40.3. The van der Waals surface area contributed by atoms with E-state index in [-0.39, 0.29) is 12.2 Å². The van der Waals surface area contributed by atoms with Gasteiger partial charge in [-0.05, 0) is 49.3 Å². The maximum atomic E-state index is 12.8. The van der Waals surface area contributed by atoms with Crippen molar-refractivity contribution in [3.05, 3.63) is 46.0 Å². The largest absolute Gasteiger partial charge is 0.364 e. The van der Waals surface area contributed by atoms with Crippen LogP contribution in [-0.4, -0.2) is 70.9 Å². The third kappa shape index (κ3) is 4.98. The second-order valence-electron chi connectivity index (χ2n) is 8.70. The highest BCUT2D eigenvalue weighted by molar-refractivity contribution is 7.98. The molecule has 2 aliphatic rings. The van der Waals surface area contributed by atoms with E-state index in [1.807, 2.05) is 18.7 Å². The molecule has 0 spiro atoms. The first-order valence-corrected chi connectivity index (χ1v) is 14.4. The monoisotopic (exact) mass is 568 g/mol. The minimum Gasteiger partial charge on any atom is -0.364 e. The Morgan fingerprint density at radius 1 is 0.923 bits per heavy atom. The van der Waals surface area contributed by atoms with Crippen molar-refractivity contribution in [3.8, 4) is 22.8 Å². The van der Waals surface area contributed by atoms with Crippen molar-refractivity contribution in [3.63, 3.8) is 0 Å². The first-order chi connectivity index (χ1) is 18.9. The maximum absolute atomic E-state index is 12.8. The van der Waals surface area contributed by atoms with E-state index in [1.165, 1.54) is 28.2 Å². The number of primary amides is 2. The number of nitrogens with two attached hydrogens (primary N) is 2. The number of amides is 2. The van der Waals surface area contributed by atoms with Crippen molar-refractivity contribution in [1.82, 2.24) is 39.9 Å². The van der Waals surface area contributed by atoms with E-state index in [9.17, 15) is 14.0 Å². The van der Waals surface area contributed by atoms with Crippen molar-refractivity contribution in [2.75, 3.05) is 19.2 Å². The normalized spacial score (nSPS) is 12.9. The Bertz CT molecular complexity index is 1590. The summed E-state index contributed by atoms with van der Waals surface area (Å²) < 4.78 is 14.3. The second kappa shape index (κ2) is 11.1. The third-order valence-electron chi connectivity index (χ3n) is 6.48. The maximum Gasteiger partial charge on any atom is 0.269 e. The van der Waals surface area contributed by atoms with E-state index in [0.717, 1.165) is 58.6 Å². The van der Waals surface area contributed by atoms with Gasteiger partial charge in [-0.25, -0.2) is 24.3 Å². The fraction of sp³-hybridized carbons (Fsp3) is 0.333. The Balaban J connectivity index is 0.000000160. The van der Waals surface area contributed by atoms with Crippen LogP contribution in [0.3, 0.4) is 0 Å². The van der Waals surface area contributed by atoms with Gasteiger partial charge in [0.15, 0.2) is 16.0 Å². The lowest BCUT2D eigenvalue weighted by molar-refractivity contribution is 0.0986. The molecule has 39 heavy (non-hydrogen) atoms. The van der Waals surface area contributed by atoms with Gasteiger partial charge in [-0.3, -0.25) is 19.4 Å². The molecule has 0 aromatic carbocycles. The predicted molar refractivity (Wildman–Crippen MR) is 144 cm³/mol. The fourth-order valence-corrected chi connectivity index (χ4v) is 5.40. The summed E-state index contributed by atoms with van der Waals surface area (Å²) in [5.74, 6) is -1.07. The lowest BCUT2D eigenvalue weighted by atomic mass is 9.93. The lowest BCUT2D eigenvalue weighted by Crippen LogP contribution is -2.15. The van der Waals surface area contributed by atoms with Gasteiger partial charge < -0.3 is 11.5 Å². The van der Waals surface area contributed by atoms with Gasteiger partial charge in [0.25, 0.3) is 11.8 Å². The molecule has 0 unspecified atom stereocenters. The first-order valence-electron chi connectivity index (χ1n) is 12.0. The molecule has 0 saturated carbocycles. The van der Waals surface area contributed by atoms with Gasteiger partial charge in [0.05, 0.1) is 23.6 Å². The molecule has 0 saturated heterocycles. The molecule has 4 heterocycles. The molecular weight excluding hydrogens is 543 g/mol. The van der Waals surface area contributed by atoms with Gasteiger partial charge in [-0.15, -0.1) is 0 Å². The van der Waals surface area contributed by atoms with Crippen LogP contribution < -0.4 is 11.5 Å². The molecule has 5 N–H and O–H groups in total. The predicted octanol–water partition coefficient (Wildman–Crippen LogP) is 2.02. The average molecular weight is 569 g/mol. The van der Waals surface area contributed by atoms with Crippen LogP contribution in [0.4, 0.5) is 4.39 Å². The summed E-state index contributed by atoms with van der Waals surface area (Å²) in [6.45, 7) is -0.490. The molecular formula is C24H25FN10O2S2. The van der Waals surface area contributed by atoms with Gasteiger partial charge >= 0.3 is 0 Å². The summed E-state index contributed by atoms with van der Waals surface area (Å²) in [5.41, 5.74) is 17.9. The number of rotatable bonds is 6. The lowest BCUT2D eigenvalue weighted by Gasteiger charge is -2.17. The average Bonchev–Trinajstić information content (AvgIpc) is 3.55. The highest BCUT2D eigenvalue weighted by Crippen LogP contribution is 2.35. The molecule has 2 aliphatic carbocycles. The Labute approximate surface area is 231 Å². The van der Waals surface area contributed by atoms with Crippen LogP contribution >= 0.6 is 23.5 Å². The number of aromatic amines is 1. The number of nitrogens with one attached hydrogen (secondary N) is 1. The number of alkyl halides is 1. The zero-order chi connectivity index (χ0) is 27.7. The van der Waals surface area contributed by atoms with Crippen molar-refractivity contribution in [1.29, 1.82) is 0 Å². The number of thioether (sulfide) groups is 2. The molecule has 4 aromatic rings. The van der Waals surface area contributed by atoms with E-state index in [2.05, 4.69) is 35.2 Å². The quantitative estimate of drug-likeness (QED) is 0.230. The van der Waals surface area contributed by atoms with Crippen LogP contribution in [0.5, 0.6) is 0 Å². The van der Waals surface area contributed by atoms with Gasteiger partial charge in [0.1, 0.15) is 18.1 Å². The zero-order valence-electron chi connectivity index (χ0n) is 21.2. The molecule has 2 amide bonds. The van der Waals surface area contributed by atoms with Crippen molar-refractivity contribution in [2.24, 2.45) is 11.5 Å². The minimum absolute atomic E-state index is 0.0770. The molecule has 0 fully saturated rings. The Morgan fingerprint density at radius 2 is 1.54 bits per heavy atom. The zero-order valence-corrected chi connectivity index (χ0v) is 22.8. The Hall–Kier alpha value is -3.85. The second-order valence-corrected chi connectivity index (χ2v) is 10.3. The first kappa shape index (κ1) is 26.7. The number of carbonyl (C=O) groups is 2. The van der Waals surface area contributed by atoms with E-state index < -0.39 is 18.5 Å². The number of nitrogens with zero attached hydrogens (tertiary/aromatic N) is 7. The number of H-pyrrole nitrogens is 1. The van der Waals surface area contributed by atoms with Crippen LogP contribution in [0.2, 0.25) is 0 Å². The van der Waals surface area contributed by atoms with Crippen LogP contribution in [0.1, 0.15) is 43.2 Å². The fourth-order valence-electron chi connectivity index (χ4n) is 4.72. The van der Waals surface area contributed by atoms with Crippen LogP contribution in [0.25, 0.3) is 22.8 Å². The SMILES string of the molecule is CSc1ncc2c(n1)-c1c(c(C(N)=O)nn1CCF)CC2.CSc1ncc2c(n1)-c1n[nH]c(C(N)=O)c1CC2. The summed E-state index contributed by atoms with van der Waals surface area (Å²) >= 11 is 2.91. The molecule has 0 radical (unpaired) electrons. The summed E-state index contributed by atoms with van der Waals surface area (Å²) in [6, 6.07) is 0. The highest BCUT2D eigenvalue weighted by Gasteiger charge is 2.29. The van der Waals surface area contributed by atoms with Gasteiger partial charge in [-0.1, -0.05) is 23.5 Å². The van der Waals surface area contributed by atoms with E-state index in [4.69, 9.17) is 11.5 Å². The Morgan fingerprint density at radius 3 is 2.13 bits per heavy atom. The van der Waals surface area contributed by atoms with Crippen LogP contribution in [0.15, 0.2) is 22.7 Å². The molecule has 6 rings (SSSR count).